The van der Waals surface area contributed by atoms with E-state index < -0.39 is 29.3 Å². The third kappa shape index (κ3) is 2.07. The average molecular weight is 255 g/mol. The number of hydrogen-bond acceptors (Lipinski definition) is 4. The number of nitrogens with one attached hydrogen (secondary N) is 1. The second-order valence-electron chi connectivity index (χ2n) is 4.97. The van der Waals surface area contributed by atoms with Gasteiger partial charge in [-0.05, 0) is 20.8 Å². The van der Waals surface area contributed by atoms with Gasteiger partial charge in [-0.2, -0.15) is 0 Å². The molecule has 1 N–H and O–H groups in total. The Kier molecular flexibility index (Phi) is 3.45. The highest BCUT2D eigenvalue weighted by Crippen LogP contribution is 2.25. The summed E-state index contributed by atoms with van der Waals surface area (Å²) in [5.41, 5.74) is -1.35. The zero-order chi connectivity index (χ0) is 14.2. The van der Waals surface area contributed by atoms with Crippen molar-refractivity contribution < 1.29 is 19.2 Å². The summed E-state index contributed by atoms with van der Waals surface area (Å²) < 4.78 is 0. The first-order chi connectivity index (χ1) is 8.10. The van der Waals surface area contributed by atoms with Crippen molar-refractivity contribution in [1.82, 2.24) is 15.1 Å². The first kappa shape index (κ1) is 14.1. The molecule has 1 saturated heterocycles. The molecule has 1 atom stereocenters. The minimum absolute atomic E-state index is 0.386. The maximum atomic E-state index is 12.1. The maximum absolute atomic E-state index is 12.1. The van der Waals surface area contributed by atoms with Gasteiger partial charge >= 0.3 is 6.03 Å². The minimum Gasteiger partial charge on any atom is -0.347 e. The molecule has 1 aliphatic rings. The second kappa shape index (κ2) is 4.40. The quantitative estimate of drug-likeness (QED) is 0.678. The number of likely N-dealkylation sites (N-methyl/N-ethyl adjacent to an activating group) is 1. The Labute approximate surface area is 105 Å². The van der Waals surface area contributed by atoms with E-state index in [4.69, 9.17) is 0 Å². The summed E-state index contributed by atoms with van der Waals surface area (Å²) in [4.78, 5) is 49.2. The zero-order valence-electron chi connectivity index (χ0n) is 11.1. The summed E-state index contributed by atoms with van der Waals surface area (Å²) in [6.45, 7) is 4.28. The largest absolute Gasteiger partial charge is 0.347 e. The summed E-state index contributed by atoms with van der Waals surface area (Å²) in [6, 6.07) is -1.80. The van der Waals surface area contributed by atoms with Crippen LogP contribution in [0.1, 0.15) is 20.8 Å². The number of amides is 5. The fourth-order valence-corrected chi connectivity index (χ4v) is 1.64. The van der Waals surface area contributed by atoms with Crippen LogP contribution in [0.2, 0.25) is 0 Å². The van der Waals surface area contributed by atoms with E-state index in [1.807, 2.05) is 0 Å². The van der Waals surface area contributed by atoms with Crippen molar-refractivity contribution in [2.45, 2.75) is 26.8 Å². The molecular weight excluding hydrogens is 238 g/mol. The van der Waals surface area contributed by atoms with Gasteiger partial charge in [0, 0.05) is 14.1 Å². The Morgan fingerprint density at radius 1 is 1.28 bits per heavy atom. The topological polar surface area (TPSA) is 86.8 Å². The molecule has 1 rings (SSSR count). The second-order valence-corrected chi connectivity index (χ2v) is 4.97. The molecule has 1 unspecified atom stereocenters. The third-order valence-electron chi connectivity index (χ3n) is 2.95. The summed E-state index contributed by atoms with van der Waals surface area (Å²) in [7, 11) is 3.06. The van der Waals surface area contributed by atoms with E-state index in [1.54, 1.807) is 0 Å². The summed E-state index contributed by atoms with van der Waals surface area (Å²) >= 11 is 0. The minimum atomic E-state index is -1.35. The summed E-state index contributed by atoms with van der Waals surface area (Å²) in [5.74, 6) is -1.71. The van der Waals surface area contributed by atoms with Gasteiger partial charge in [0.1, 0.15) is 11.5 Å². The van der Waals surface area contributed by atoms with Crippen LogP contribution in [0.5, 0.6) is 0 Å². The number of nitrogens with zero attached hydrogens (tertiary/aromatic N) is 2. The fourth-order valence-electron chi connectivity index (χ4n) is 1.64. The molecule has 18 heavy (non-hydrogen) atoms. The molecule has 5 amide bonds. The van der Waals surface area contributed by atoms with Gasteiger partial charge in [-0.3, -0.25) is 24.6 Å². The lowest BCUT2D eigenvalue weighted by molar-refractivity contribution is -0.154. The number of rotatable bonds is 2. The number of barbiturate groups is 1. The Hall–Kier alpha value is -1.92. The summed E-state index contributed by atoms with van der Waals surface area (Å²) in [6.07, 6.45) is 0. The molecule has 1 heterocycles. The van der Waals surface area contributed by atoms with Gasteiger partial charge in [0.15, 0.2) is 0 Å². The molecule has 7 heteroatoms. The highest BCUT2D eigenvalue weighted by Gasteiger charge is 2.49. The van der Waals surface area contributed by atoms with Gasteiger partial charge in [-0.15, -0.1) is 0 Å². The van der Waals surface area contributed by atoms with Crippen molar-refractivity contribution in [3.63, 3.8) is 0 Å². The van der Waals surface area contributed by atoms with E-state index in [0.29, 0.717) is 0 Å². The van der Waals surface area contributed by atoms with E-state index in [2.05, 4.69) is 5.32 Å². The average Bonchev–Trinajstić information content (AvgIpc) is 2.25. The normalized spacial score (nSPS) is 20.5. The van der Waals surface area contributed by atoms with Gasteiger partial charge in [-0.1, -0.05) is 0 Å². The summed E-state index contributed by atoms with van der Waals surface area (Å²) in [5, 5.41) is 2.08. The smallest absolute Gasteiger partial charge is 0.331 e. The van der Waals surface area contributed by atoms with Crippen LogP contribution < -0.4 is 5.32 Å². The number of carbonyl (C=O) groups is 4. The zero-order valence-corrected chi connectivity index (χ0v) is 11.1. The predicted molar refractivity (Wildman–Crippen MR) is 62.3 cm³/mol. The number of urea groups is 1. The van der Waals surface area contributed by atoms with Gasteiger partial charge in [0.2, 0.25) is 17.7 Å². The maximum Gasteiger partial charge on any atom is 0.331 e. The van der Waals surface area contributed by atoms with Crippen LogP contribution >= 0.6 is 0 Å². The molecule has 0 saturated carbocycles. The first-order valence-electron chi connectivity index (χ1n) is 5.51. The van der Waals surface area contributed by atoms with Crippen LogP contribution in [0.25, 0.3) is 0 Å². The number of imide groups is 2. The van der Waals surface area contributed by atoms with E-state index in [-0.39, 0.29) is 5.91 Å². The van der Waals surface area contributed by atoms with Crippen molar-refractivity contribution in [3.8, 4) is 0 Å². The van der Waals surface area contributed by atoms with E-state index in [9.17, 15) is 19.2 Å². The van der Waals surface area contributed by atoms with Crippen LogP contribution in [0.15, 0.2) is 0 Å². The molecule has 0 radical (unpaired) electrons. The van der Waals surface area contributed by atoms with Crippen LogP contribution in [-0.4, -0.2) is 53.7 Å². The van der Waals surface area contributed by atoms with E-state index >= 15 is 0 Å². The molecule has 100 valence electrons. The lowest BCUT2D eigenvalue weighted by Crippen LogP contribution is -2.65. The molecule has 7 nitrogen and oxygen atoms in total. The van der Waals surface area contributed by atoms with E-state index in [1.165, 1.54) is 39.8 Å². The molecule has 0 aromatic rings. The Morgan fingerprint density at radius 2 is 1.78 bits per heavy atom. The molecule has 1 aliphatic heterocycles. The van der Waals surface area contributed by atoms with Crippen LogP contribution in [0.4, 0.5) is 4.79 Å². The van der Waals surface area contributed by atoms with Crippen molar-refractivity contribution in [3.05, 3.63) is 0 Å². The van der Waals surface area contributed by atoms with Crippen molar-refractivity contribution in [2.75, 3.05) is 14.1 Å². The Bertz CT molecular complexity index is 428. The SMILES string of the molecule is CC(C(=O)N(C)C)N1C(=O)NC(=O)C(C)(C)C1=O. The number of hydrogen-bond donors (Lipinski definition) is 1. The highest BCUT2D eigenvalue weighted by atomic mass is 16.2. The van der Waals surface area contributed by atoms with Crippen molar-refractivity contribution >= 4 is 23.8 Å². The van der Waals surface area contributed by atoms with Crippen LogP contribution in [-0.2, 0) is 14.4 Å². The predicted octanol–water partition coefficient (Wildman–Crippen LogP) is -0.432. The molecule has 0 spiro atoms. The van der Waals surface area contributed by atoms with Crippen molar-refractivity contribution in [2.24, 2.45) is 5.41 Å². The van der Waals surface area contributed by atoms with Gasteiger partial charge in [0.05, 0.1) is 0 Å². The van der Waals surface area contributed by atoms with Gasteiger partial charge < -0.3 is 4.90 Å². The number of carbonyl (C=O) groups excluding carboxylic acids is 4. The van der Waals surface area contributed by atoms with Crippen molar-refractivity contribution in [1.29, 1.82) is 0 Å². The molecule has 0 aromatic heterocycles. The van der Waals surface area contributed by atoms with E-state index in [0.717, 1.165) is 4.90 Å². The molecule has 0 aromatic carbocycles. The van der Waals surface area contributed by atoms with Crippen LogP contribution in [0, 0.1) is 5.41 Å². The fraction of sp³-hybridized carbons (Fsp3) is 0.636. The molecule has 0 bridgehead atoms. The Balaban J connectivity index is 3.08. The highest BCUT2D eigenvalue weighted by molar-refractivity contribution is 6.19. The third-order valence-corrected chi connectivity index (χ3v) is 2.95. The molecule has 0 aliphatic carbocycles. The molecular formula is C11H17N3O4. The lowest BCUT2D eigenvalue weighted by atomic mass is 9.88. The van der Waals surface area contributed by atoms with Crippen LogP contribution in [0.3, 0.4) is 0 Å². The van der Waals surface area contributed by atoms with Gasteiger partial charge in [0.25, 0.3) is 0 Å². The Morgan fingerprint density at radius 3 is 2.22 bits per heavy atom. The monoisotopic (exact) mass is 255 g/mol. The lowest BCUT2D eigenvalue weighted by Gasteiger charge is -2.37. The van der Waals surface area contributed by atoms with Gasteiger partial charge in [-0.25, -0.2) is 4.79 Å². The molecule has 1 fully saturated rings. The standard InChI is InChI=1S/C11H17N3O4/c1-6(7(15)13(4)5)14-9(17)11(2,3)8(16)12-10(14)18/h6H,1-5H3,(H,12,16,18). The first-order valence-corrected chi connectivity index (χ1v) is 5.51.